The second kappa shape index (κ2) is 7.70. The predicted molar refractivity (Wildman–Crippen MR) is 114 cm³/mol. The van der Waals surface area contributed by atoms with Gasteiger partial charge in [0.1, 0.15) is 6.61 Å². The third-order valence-electron chi connectivity index (χ3n) is 6.01. The zero-order valence-corrected chi connectivity index (χ0v) is 16.3. The zero-order chi connectivity index (χ0) is 19.6. The fourth-order valence-electron chi connectivity index (χ4n) is 4.57. The van der Waals surface area contributed by atoms with Crippen molar-refractivity contribution in [1.29, 1.82) is 0 Å². The molecule has 0 spiro atoms. The second-order valence-electron chi connectivity index (χ2n) is 7.91. The SMILES string of the molecule is O=C(OCc1ccccc1)N1C2C=C(c3cnc4ccccc4c3)CC1CCC2. The van der Waals surface area contributed by atoms with Gasteiger partial charge < -0.3 is 4.74 Å². The Hall–Kier alpha value is -3.14. The molecule has 3 heterocycles. The van der Waals surface area contributed by atoms with E-state index in [4.69, 9.17) is 4.74 Å². The lowest BCUT2D eigenvalue weighted by atomic mass is 9.83. The number of carbonyl (C=O) groups is 1. The Morgan fingerprint density at radius 3 is 2.76 bits per heavy atom. The summed E-state index contributed by atoms with van der Waals surface area (Å²) in [6.45, 7) is 0.320. The molecule has 3 aromatic rings. The van der Waals surface area contributed by atoms with Gasteiger partial charge in [-0.15, -0.1) is 0 Å². The van der Waals surface area contributed by atoms with Crippen molar-refractivity contribution in [3.8, 4) is 0 Å². The van der Waals surface area contributed by atoms with Gasteiger partial charge >= 0.3 is 6.09 Å². The van der Waals surface area contributed by atoms with Gasteiger partial charge in [0.15, 0.2) is 0 Å². The number of rotatable bonds is 3. The molecular formula is C25H24N2O2. The molecule has 1 amide bonds. The molecule has 1 aromatic heterocycles. The zero-order valence-electron chi connectivity index (χ0n) is 16.3. The Kier molecular flexibility index (Phi) is 4.76. The lowest BCUT2D eigenvalue weighted by Crippen LogP contribution is -2.51. The number of hydrogen-bond acceptors (Lipinski definition) is 3. The number of piperidine rings is 1. The smallest absolute Gasteiger partial charge is 0.410 e. The number of pyridine rings is 1. The van der Waals surface area contributed by atoms with Crippen LogP contribution in [0.1, 0.15) is 36.8 Å². The average Bonchev–Trinajstić information content (AvgIpc) is 2.77. The molecule has 2 aliphatic heterocycles. The molecule has 2 aromatic carbocycles. The van der Waals surface area contributed by atoms with Crippen LogP contribution in [0.25, 0.3) is 16.5 Å². The van der Waals surface area contributed by atoms with Crippen molar-refractivity contribution in [2.75, 3.05) is 0 Å². The van der Waals surface area contributed by atoms with E-state index < -0.39 is 0 Å². The van der Waals surface area contributed by atoms with Crippen molar-refractivity contribution in [2.45, 2.75) is 44.4 Å². The van der Waals surface area contributed by atoms with Gasteiger partial charge in [-0.25, -0.2) is 4.79 Å². The van der Waals surface area contributed by atoms with Crippen molar-refractivity contribution in [2.24, 2.45) is 0 Å². The highest BCUT2D eigenvalue weighted by atomic mass is 16.6. The van der Waals surface area contributed by atoms with E-state index in [9.17, 15) is 4.79 Å². The summed E-state index contributed by atoms with van der Waals surface area (Å²) < 4.78 is 5.65. The fraction of sp³-hybridized carbons (Fsp3) is 0.280. The molecule has 2 aliphatic rings. The molecule has 4 heteroatoms. The first-order valence-electron chi connectivity index (χ1n) is 10.3. The molecule has 1 saturated heterocycles. The Bertz CT molecular complexity index is 1060. The first kappa shape index (κ1) is 17.9. The summed E-state index contributed by atoms with van der Waals surface area (Å²) in [5.41, 5.74) is 4.49. The standard InChI is InChI=1S/C25H24N2O2/c28-25(29-17-18-7-2-1-3-8-18)27-22-10-6-11-23(27)15-20(14-22)21-13-19-9-4-5-12-24(19)26-16-21/h1-5,7-9,12-14,16,22-23H,6,10-11,15,17H2. The van der Waals surface area contributed by atoms with Crippen LogP contribution >= 0.6 is 0 Å². The lowest BCUT2D eigenvalue weighted by molar-refractivity contribution is 0.0510. The summed E-state index contributed by atoms with van der Waals surface area (Å²) in [6.07, 6.45) is 8.04. The highest BCUT2D eigenvalue weighted by molar-refractivity contribution is 5.83. The van der Waals surface area contributed by atoms with Crippen molar-refractivity contribution in [3.05, 3.63) is 84.1 Å². The second-order valence-corrected chi connectivity index (χ2v) is 7.91. The summed E-state index contributed by atoms with van der Waals surface area (Å²) in [5, 5.41) is 1.15. The van der Waals surface area contributed by atoms with Crippen molar-refractivity contribution in [1.82, 2.24) is 9.88 Å². The summed E-state index contributed by atoms with van der Waals surface area (Å²) >= 11 is 0. The van der Waals surface area contributed by atoms with Gasteiger partial charge in [0.05, 0.1) is 11.6 Å². The Morgan fingerprint density at radius 1 is 1.07 bits per heavy atom. The van der Waals surface area contributed by atoms with Gasteiger partial charge in [0.25, 0.3) is 0 Å². The first-order chi connectivity index (χ1) is 14.3. The number of ether oxygens (including phenoxy) is 1. The molecule has 0 N–H and O–H groups in total. The number of carbonyl (C=O) groups excluding carboxylic acids is 1. The Balaban J connectivity index is 1.36. The molecule has 0 radical (unpaired) electrons. The molecule has 5 rings (SSSR count). The van der Waals surface area contributed by atoms with Gasteiger partial charge in [-0.05, 0) is 54.5 Å². The maximum absolute atomic E-state index is 12.9. The number of hydrogen-bond donors (Lipinski definition) is 0. The van der Waals surface area contributed by atoms with Crippen LogP contribution in [0.3, 0.4) is 0 Å². The average molecular weight is 384 g/mol. The van der Waals surface area contributed by atoms with Crippen LogP contribution in [0.2, 0.25) is 0 Å². The van der Waals surface area contributed by atoms with Crippen molar-refractivity contribution in [3.63, 3.8) is 0 Å². The van der Waals surface area contributed by atoms with E-state index in [-0.39, 0.29) is 18.2 Å². The lowest BCUT2D eigenvalue weighted by Gasteiger charge is -2.44. The Morgan fingerprint density at radius 2 is 1.90 bits per heavy atom. The number of aromatic nitrogens is 1. The topological polar surface area (TPSA) is 42.4 Å². The number of fused-ring (bicyclic) bond motifs is 3. The summed E-state index contributed by atoms with van der Waals surface area (Å²) in [5.74, 6) is 0. The van der Waals surface area contributed by atoms with Crippen molar-refractivity contribution < 1.29 is 9.53 Å². The summed E-state index contributed by atoms with van der Waals surface area (Å²) in [7, 11) is 0. The van der Waals surface area contributed by atoms with E-state index in [0.717, 1.165) is 47.7 Å². The quantitative estimate of drug-likeness (QED) is 0.592. The van der Waals surface area contributed by atoms with Crippen LogP contribution in [0, 0.1) is 0 Å². The van der Waals surface area contributed by atoms with Gasteiger partial charge in [-0.2, -0.15) is 0 Å². The van der Waals surface area contributed by atoms with E-state index in [1.807, 2.05) is 59.6 Å². The van der Waals surface area contributed by atoms with Gasteiger partial charge in [-0.1, -0.05) is 54.6 Å². The van der Waals surface area contributed by atoms with Gasteiger partial charge in [0.2, 0.25) is 0 Å². The number of benzene rings is 2. The van der Waals surface area contributed by atoms with Crippen LogP contribution in [0.15, 0.2) is 72.9 Å². The Labute approximate surface area is 170 Å². The number of para-hydroxylation sites is 1. The third kappa shape index (κ3) is 3.63. The maximum atomic E-state index is 12.9. The van der Waals surface area contributed by atoms with E-state index in [1.54, 1.807) is 0 Å². The molecule has 4 nitrogen and oxygen atoms in total. The molecular weight excluding hydrogens is 360 g/mol. The molecule has 1 fully saturated rings. The minimum atomic E-state index is -0.199. The van der Waals surface area contributed by atoms with Crippen LogP contribution in [-0.2, 0) is 11.3 Å². The predicted octanol–water partition coefficient (Wildman–Crippen LogP) is 5.58. The normalized spacial score (nSPS) is 21.0. The third-order valence-corrected chi connectivity index (χ3v) is 6.01. The van der Waals surface area contributed by atoms with Crippen LogP contribution in [0.5, 0.6) is 0 Å². The van der Waals surface area contributed by atoms with Crippen molar-refractivity contribution >= 4 is 22.6 Å². The maximum Gasteiger partial charge on any atom is 0.410 e. The molecule has 0 aliphatic carbocycles. The van der Waals surface area contributed by atoms with E-state index in [2.05, 4.69) is 23.2 Å². The molecule has 29 heavy (non-hydrogen) atoms. The minimum Gasteiger partial charge on any atom is -0.445 e. The molecule has 146 valence electrons. The van der Waals surface area contributed by atoms with Crippen LogP contribution < -0.4 is 0 Å². The van der Waals surface area contributed by atoms with E-state index >= 15 is 0 Å². The first-order valence-corrected chi connectivity index (χ1v) is 10.3. The van der Waals surface area contributed by atoms with E-state index in [1.165, 1.54) is 5.57 Å². The minimum absolute atomic E-state index is 0.104. The molecule has 2 unspecified atom stereocenters. The molecule has 2 atom stereocenters. The molecule has 2 bridgehead atoms. The molecule has 0 saturated carbocycles. The van der Waals surface area contributed by atoms with E-state index in [0.29, 0.717) is 6.61 Å². The largest absolute Gasteiger partial charge is 0.445 e. The fourth-order valence-corrected chi connectivity index (χ4v) is 4.57. The summed E-state index contributed by atoms with van der Waals surface area (Å²) in [6, 6.07) is 20.6. The summed E-state index contributed by atoms with van der Waals surface area (Å²) in [4.78, 5) is 19.4. The van der Waals surface area contributed by atoms with Gasteiger partial charge in [0, 0.05) is 17.6 Å². The monoisotopic (exact) mass is 384 g/mol. The highest BCUT2D eigenvalue weighted by Gasteiger charge is 2.38. The van der Waals surface area contributed by atoms with Gasteiger partial charge in [-0.3, -0.25) is 9.88 Å². The highest BCUT2D eigenvalue weighted by Crippen LogP contribution is 2.37. The number of nitrogens with zero attached hydrogens (tertiary/aromatic N) is 2. The van der Waals surface area contributed by atoms with Crippen LogP contribution in [-0.4, -0.2) is 28.1 Å². The van der Waals surface area contributed by atoms with Crippen LogP contribution in [0.4, 0.5) is 4.79 Å². The number of amides is 1.